The topological polar surface area (TPSA) is 79.7 Å². The molecule has 0 radical (unpaired) electrons. The summed E-state index contributed by atoms with van der Waals surface area (Å²) >= 11 is 7.42. The Morgan fingerprint density at radius 1 is 1.06 bits per heavy atom. The number of aromatic nitrogens is 5. The molecule has 1 aliphatic rings. The first-order valence-electron chi connectivity index (χ1n) is 10.8. The summed E-state index contributed by atoms with van der Waals surface area (Å²) in [5.74, 6) is 1.44. The largest absolute Gasteiger partial charge is 0.309 e. The van der Waals surface area contributed by atoms with Gasteiger partial charge in [0.15, 0.2) is 11.0 Å². The van der Waals surface area contributed by atoms with E-state index in [0.29, 0.717) is 39.2 Å². The summed E-state index contributed by atoms with van der Waals surface area (Å²) in [6.45, 7) is 2.74. The maximum Gasteiger partial charge on any atom is 0.258 e. The van der Waals surface area contributed by atoms with Crippen molar-refractivity contribution in [2.75, 3.05) is 13.1 Å². The summed E-state index contributed by atoms with van der Waals surface area (Å²) in [6, 6.07) is 11.4. The summed E-state index contributed by atoms with van der Waals surface area (Å²) in [6.07, 6.45) is 3.61. The van der Waals surface area contributed by atoms with Gasteiger partial charge in [-0.3, -0.25) is 14.3 Å². The number of nitrogens with zero attached hydrogens (tertiary/aromatic N) is 5. The van der Waals surface area contributed by atoms with Crippen molar-refractivity contribution in [1.29, 1.82) is 0 Å². The van der Waals surface area contributed by atoms with Crippen molar-refractivity contribution in [2.24, 2.45) is 0 Å². The van der Waals surface area contributed by atoms with Crippen molar-refractivity contribution in [3.8, 4) is 5.69 Å². The van der Waals surface area contributed by atoms with Crippen LogP contribution >= 0.6 is 23.4 Å². The van der Waals surface area contributed by atoms with Gasteiger partial charge < -0.3 is 4.98 Å². The summed E-state index contributed by atoms with van der Waals surface area (Å²) in [5, 5.41) is 10.5. The van der Waals surface area contributed by atoms with Gasteiger partial charge in [-0.25, -0.2) is 9.37 Å². The zero-order valence-corrected chi connectivity index (χ0v) is 19.4. The van der Waals surface area contributed by atoms with Crippen LogP contribution in [-0.2, 0) is 12.3 Å². The highest BCUT2D eigenvalue weighted by molar-refractivity contribution is 7.98. The minimum Gasteiger partial charge on any atom is -0.309 e. The third-order valence-corrected chi connectivity index (χ3v) is 6.83. The third-order valence-electron chi connectivity index (χ3n) is 5.65. The molecular weight excluding hydrogens is 463 g/mol. The van der Waals surface area contributed by atoms with Crippen molar-refractivity contribution < 1.29 is 4.39 Å². The van der Waals surface area contributed by atoms with Crippen LogP contribution in [-0.4, -0.2) is 42.7 Å². The zero-order chi connectivity index (χ0) is 22.8. The van der Waals surface area contributed by atoms with E-state index in [4.69, 9.17) is 11.6 Å². The summed E-state index contributed by atoms with van der Waals surface area (Å²) < 4.78 is 15.5. The Morgan fingerprint density at radius 2 is 1.85 bits per heavy atom. The Labute approximate surface area is 199 Å². The minimum atomic E-state index is -0.295. The Balaban J connectivity index is 1.43. The molecule has 33 heavy (non-hydrogen) atoms. The number of hydrogen-bond acceptors (Lipinski definition) is 6. The van der Waals surface area contributed by atoms with Crippen LogP contribution in [0.25, 0.3) is 16.6 Å². The molecule has 1 N–H and O–H groups in total. The average molecular weight is 485 g/mol. The van der Waals surface area contributed by atoms with E-state index in [9.17, 15) is 9.18 Å². The Hall–Kier alpha value is -2.75. The molecule has 0 spiro atoms. The molecule has 0 atom stereocenters. The van der Waals surface area contributed by atoms with Crippen LogP contribution in [0.2, 0.25) is 5.02 Å². The number of aromatic amines is 1. The fraction of sp³-hybridized carbons (Fsp3) is 0.304. The van der Waals surface area contributed by atoms with Gasteiger partial charge in [-0.1, -0.05) is 29.8 Å². The molecule has 4 aromatic rings. The predicted octanol–water partition coefficient (Wildman–Crippen LogP) is 4.57. The lowest BCUT2D eigenvalue weighted by Gasteiger charge is -2.26. The fourth-order valence-electron chi connectivity index (χ4n) is 4.02. The van der Waals surface area contributed by atoms with E-state index in [0.717, 1.165) is 24.6 Å². The van der Waals surface area contributed by atoms with E-state index in [2.05, 4.69) is 25.1 Å². The van der Waals surface area contributed by atoms with Crippen LogP contribution in [0.3, 0.4) is 0 Å². The molecule has 1 aliphatic heterocycles. The van der Waals surface area contributed by atoms with Crippen molar-refractivity contribution in [1.82, 2.24) is 29.6 Å². The highest BCUT2D eigenvalue weighted by atomic mass is 35.5. The Kier molecular flexibility index (Phi) is 6.43. The minimum absolute atomic E-state index is 0.233. The molecule has 7 nitrogen and oxygen atoms in total. The number of nitrogens with one attached hydrogen (secondary N) is 1. The molecule has 10 heteroatoms. The molecule has 1 saturated heterocycles. The predicted molar refractivity (Wildman–Crippen MR) is 127 cm³/mol. The lowest BCUT2D eigenvalue weighted by Crippen LogP contribution is -2.30. The monoisotopic (exact) mass is 484 g/mol. The average Bonchev–Trinajstić information content (AvgIpc) is 3.21. The van der Waals surface area contributed by atoms with Gasteiger partial charge in [0.1, 0.15) is 11.6 Å². The van der Waals surface area contributed by atoms with Crippen molar-refractivity contribution in [3.63, 3.8) is 0 Å². The standard InChI is InChI=1S/C23H22ClFN6OS/c24-15-4-9-19-18(12-15)22(32)27-20(26-19)14-33-23-29-28-21(13-30-10-2-1-3-11-30)31(23)17-7-5-16(25)6-8-17/h4-9,12H,1-3,10-11,13-14H2,(H,26,27,32). The number of piperidine rings is 1. The molecule has 0 aliphatic carbocycles. The van der Waals surface area contributed by atoms with Gasteiger partial charge in [0.2, 0.25) is 0 Å². The number of H-pyrrole nitrogens is 1. The lowest BCUT2D eigenvalue weighted by atomic mass is 10.1. The number of benzene rings is 2. The highest BCUT2D eigenvalue weighted by Gasteiger charge is 2.19. The van der Waals surface area contributed by atoms with Crippen molar-refractivity contribution in [3.05, 3.63) is 75.3 Å². The van der Waals surface area contributed by atoms with Gasteiger partial charge in [-0.05, 0) is 68.4 Å². The van der Waals surface area contributed by atoms with Crippen LogP contribution in [0.5, 0.6) is 0 Å². The maximum absolute atomic E-state index is 13.6. The molecule has 0 bridgehead atoms. The van der Waals surface area contributed by atoms with Crippen LogP contribution in [0, 0.1) is 5.82 Å². The molecule has 3 heterocycles. The van der Waals surface area contributed by atoms with Gasteiger partial charge in [0, 0.05) is 10.7 Å². The smallest absolute Gasteiger partial charge is 0.258 e. The van der Waals surface area contributed by atoms with Crippen molar-refractivity contribution in [2.45, 2.75) is 36.7 Å². The van der Waals surface area contributed by atoms with Gasteiger partial charge in [0.05, 0.1) is 23.2 Å². The maximum atomic E-state index is 13.6. The lowest BCUT2D eigenvalue weighted by molar-refractivity contribution is 0.214. The van der Waals surface area contributed by atoms with Gasteiger partial charge in [-0.15, -0.1) is 10.2 Å². The second-order valence-corrected chi connectivity index (χ2v) is 9.39. The summed E-state index contributed by atoms with van der Waals surface area (Å²) in [7, 11) is 0. The van der Waals surface area contributed by atoms with E-state index >= 15 is 0 Å². The second kappa shape index (κ2) is 9.62. The van der Waals surface area contributed by atoms with Crippen molar-refractivity contribution >= 4 is 34.3 Å². The number of fused-ring (bicyclic) bond motifs is 1. The van der Waals surface area contributed by atoms with Crippen LogP contribution in [0.4, 0.5) is 4.39 Å². The van der Waals surface area contributed by atoms with E-state index in [1.807, 2.05) is 4.57 Å². The molecule has 0 unspecified atom stereocenters. The number of hydrogen-bond donors (Lipinski definition) is 1. The Morgan fingerprint density at radius 3 is 2.64 bits per heavy atom. The van der Waals surface area contributed by atoms with Gasteiger partial charge in [-0.2, -0.15) is 0 Å². The van der Waals surface area contributed by atoms with Gasteiger partial charge in [0.25, 0.3) is 5.56 Å². The van der Waals surface area contributed by atoms with Crippen LogP contribution in [0.15, 0.2) is 52.4 Å². The first kappa shape index (κ1) is 22.1. The van der Waals surface area contributed by atoms with E-state index in [1.54, 1.807) is 30.3 Å². The number of likely N-dealkylation sites (tertiary alicyclic amines) is 1. The third kappa shape index (κ3) is 4.95. The first-order valence-corrected chi connectivity index (χ1v) is 12.2. The highest BCUT2D eigenvalue weighted by Crippen LogP contribution is 2.26. The molecule has 2 aromatic carbocycles. The van der Waals surface area contributed by atoms with Gasteiger partial charge >= 0.3 is 0 Å². The second-order valence-electron chi connectivity index (χ2n) is 8.01. The molecule has 2 aromatic heterocycles. The first-order chi connectivity index (χ1) is 16.1. The van der Waals surface area contributed by atoms with Crippen LogP contribution in [0.1, 0.15) is 30.9 Å². The van der Waals surface area contributed by atoms with E-state index in [-0.39, 0.29) is 11.4 Å². The van der Waals surface area contributed by atoms with E-state index < -0.39 is 0 Å². The number of thioether (sulfide) groups is 1. The molecule has 1 fully saturated rings. The fourth-order valence-corrected chi connectivity index (χ4v) is 5.04. The molecule has 5 rings (SSSR count). The zero-order valence-electron chi connectivity index (χ0n) is 17.8. The normalized spacial score (nSPS) is 14.7. The van der Waals surface area contributed by atoms with Crippen LogP contribution < -0.4 is 5.56 Å². The SMILES string of the molecule is O=c1[nH]c(CSc2nnc(CN3CCCCC3)n2-c2ccc(F)cc2)nc2ccc(Cl)cc12. The van der Waals surface area contributed by atoms with E-state index in [1.165, 1.54) is 43.2 Å². The number of halogens is 2. The molecule has 0 amide bonds. The molecular formula is C23H22ClFN6OS. The molecule has 170 valence electrons. The quantitative estimate of drug-likeness (QED) is 0.404. The molecule has 0 saturated carbocycles. The Bertz CT molecular complexity index is 1330. The summed E-state index contributed by atoms with van der Waals surface area (Å²) in [5.41, 5.74) is 1.15. The number of rotatable bonds is 6. The summed E-state index contributed by atoms with van der Waals surface area (Å²) in [4.78, 5) is 22.2.